The Kier molecular flexibility index (Phi) is 4.99. The first-order chi connectivity index (χ1) is 11.1. The quantitative estimate of drug-likeness (QED) is 0.765. The van der Waals surface area contributed by atoms with E-state index in [1.54, 1.807) is 34.7 Å². The molecule has 0 saturated carbocycles. The molecule has 120 valence electrons. The Labute approximate surface area is 151 Å². The molecule has 1 aromatic carbocycles. The molecule has 0 radical (unpaired) electrons. The maximum atomic E-state index is 13.0. The number of carbonyl (C=O) groups is 2. The first kappa shape index (κ1) is 16.4. The Bertz CT molecular complexity index is 738. The topological polar surface area (TPSA) is 53.5 Å². The van der Waals surface area contributed by atoms with Gasteiger partial charge in [-0.25, -0.2) is 4.98 Å². The SMILES string of the molecule is O=C1CCCN1CN(C(=O)c1cc(Br)ccc1Cl)c1nccs1. The number of benzene rings is 1. The van der Waals surface area contributed by atoms with Gasteiger partial charge in [-0.1, -0.05) is 27.5 Å². The zero-order valence-corrected chi connectivity index (χ0v) is 15.2. The van der Waals surface area contributed by atoms with Gasteiger partial charge in [0, 0.05) is 29.0 Å². The molecule has 1 aliphatic heterocycles. The summed E-state index contributed by atoms with van der Waals surface area (Å²) >= 11 is 10.9. The molecule has 0 aliphatic carbocycles. The summed E-state index contributed by atoms with van der Waals surface area (Å²) in [5.41, 5.74) is 0.378. The number of aromatic nitrogens is 1. The highest BCUT2D eigenvalue weighted by molar-refractivity contribution is 9.10. The number of rotatable bonds is 4. The molecule has 3 rings (SSSR count). The van der Waals surface area contributed by atoms with Crippen LogP contribution in [0.15, 0.2) is 34.2 Å². The van der Waals surface area contributed by atoms with E-state index in [0.29, 0.717) is 28.7 Å². The van der Waals surface area contributed by atoms with Crippen LogP contribution in [0.25, 0.3) is 0 Å². The summed E-state index contributed by atoms with van der Waals surface area (Å²) in [6.07, 6.45) is 2.97. The number of thiazole rings is 1. The number of nitrogens with zero attached hydrogens (tertiary/aromatic N) is 3. The van der Waals surface area contributed by atoms with Crippen LogP contribution in [0.1, 0.15) is 23.2 Å². The van der Waals surface area contributed by atoms with Crippen molar-refractivity contribution < 1.29 is 9.59 Å². The van der Waals surface area contributed by atoms with Crippen molar-refractivity contribution in [1.82, 2.24) is 9.88 Å². The first-order valence-electron chi connectivity index (χ1n) is 7.00. The van der Waals surface area contributed by atoms with Gasteiger partial charge in [0.15, 0.2) is 5.13 Å². The molecule has 0 bridgehead atoms. The Morgan fingerprint density at radius 1 is 1.48 bits per heavy atom. The van der Waals surface area contributed by atoms with Crippen LogP contribution in [0.5, 0.6) is 0 Å². The van der Waals surface area contributed by atoms with Crippen LogP contribution in [0, 0.1) is 0 Å². The predicted octanol–water partition coefficient (Wildman–Crippen LogP) is 3.79. The fourth-order valence-corrected chi connectivity index (χ4v) is 3.58. The van der Waals surface area contributed by atoms with Crippen molar-refractivity contribution in [2.24, 2.45) is 0 Å². The average Bonchev–Trinajstić information content (AvgIpc) is 3.18. The lowest BCUT2D eigenvalue weighted by atomic mass is 10.2. The van der Waals surface area contributed by atoms with Gasteiger partial charge >= 0.3 is 0 Å². The van der Waals surface area contributed by atoms with Gasteiger partial charge < -0.3 is 4.90 Å². The highest BCUT2D eigenvalue weighted by Crippen LogP contribution is 2.27. The standard InChI is InChI=1S/C15H13BrClN3O2S/c16-10-3-4-12(17)11(8-10)14(22)20(15-18-5-7-23-15)9-19-6-1-2-13(19)21/h3-5,7-8H,1-2,6,9H2. The normalized spacial score (nSPS) is 14.3. The van der Waals surface area contributed by atoms with Gasteiger partial charge in [-0.2, -0.15) is 0 Å². The number of hydrogen-bond donors (Lipinski definition) is 0. The number of amides is 2. The molecule has 1 aromatic heterocycles. The lowest BCUT2D eigenvalue weighted by Gasteiger charge is -2.26. The molecule has 1 aliphatic rings. The van der Waals surface area contributed by atoms with E-state index >= 15 is 0 Å². The molecule has 23 heavy (non-hydrogen) atoms. The summed E-state index contributed by atoms with van der Waals surface area (Å²) in [6, 6.07) is 5.12. The second kappa shape index (κ2) is 6.98. The fourth-order valence-electron chi connectivity index (χ4n) is 2.39. The first-order valence-corrected chi connectivity index (χ1v) is 9.05. The van der Waals surface area contributed by atoms with Crippen LogP contribution in [-0.2, 0) is 4.79 Å². The molecule has 0 atom stereocenters. The van der Waals surface area contributed by atoms with Crippen molar-refractivity contribution in [3.63, 3.8) is 0 Å². The van der Waals surface area contributed by atoms with Crippen LogP contribution in [0.3, 0.4) is 0 Å². The largest absolute Gasteiger partial charge is 0.324 e. The smallest absolute Gasteiger partial charge is 0.263 e. The van der Waals surface area contributed by atoms with E-state index in [4.69, 9.17) is 11.6 Å². The average molecular weight is 415 g/mol. The Hall–Kier alpha value is -1.44. The second-order valence-electron chi connectivity index (χ2n) is 5.07. The third-order valence-electron chi connectivity index (χ3n) is 3.54. The molecule has 0 spiro atoms. The lowest BCUT2D eigenvalue weighted by Crippen LogP contribution is -2.42. The van der Waals surface area contributed by atoms with E-state index in [-0.39, 0.29) is 18.5 Å². The summed E-state index contributed by atoms with van der Waals surface area (Å²) in [4.78, 5) is 32.2. The van der Waals surface area contributed by atoms with Gasteiger partial charge in [0.25, 0.3) is 5.91 Å². The second-order valence-corrected chi connectivity index (χ2v) is 7.27. The van der Waals surface area contributed by atoms with E-state index in [0.717, 1.165) is 10.9 Å². The summed E-state index contributed by atoms with van der Waals surface area (Å²) in [5, 5.41) is 2.71. The fraction of sp³-hybridized carbons (Fsp3) is 0.267. The maximum absolute atomic E-state index is 13.0. The van der Waals surface area contributed by atoms with Crippen molar-refractivity contribution >= 4 is 55.8 Å². The minimum Gasteiger partial charge on any atom is -0.324 e. The highest BCUT2D eigenvalue weighted by Gasteiger charge is 2.28. The third kappa shape index (κ3) is 3.57. The van der Waals surface area contributed by atoms with Crippen LogP contribution < -0.4 is 4.90 Å². The molecule has 0 unspecified atom stereocenters. The Morgan fingerprint density at radius 2 is 2.30 bits per heavy atom. The maximum Gasteiger partial charge on any atom is 0.263 e. The number of anilines is 1. The van der Waals surface area contributed by atoms with E-state index in [1.165, 1.54) is 16.2 Å². The molecule has 5 nitrogen and oxygen atoms in total. The number of halogens is 2. The van der Waals surface area contributed by atoms with Crippen molar-refractivity contribution in [3.05, 3.63) is 44.8 Å². The summed E-state index contributed by atoms with van der Waals surface area (Å²) in [7, 11) is 0. The predicted molar refractivity (Wildman–Crippen MR) is 93.9 cm³/mol. The molecule has 2 amide bonds. The van der Waals surface area contributed by atoms with Gasteiger partial charge in [0.1, 0.15) is 6.67 Å². The molecule has 2 aromatic rings. The highest BCUT2D eigenvalue weighted by atomic mass is 79.9. The van der Waals surface area contributed by atoms with Gasteiger partial charge in [-0.05, 0) is 24.6 Å². The van der Waals surface area contributed by atoms with Crippen molar-refractivity contribution in [2.45, 2.75) is 12.8 Å². The van der Waals surface area contributed by atoms with E-state index < -0.39 is 0 Å². The zero-order chi connectivity index (χ0) is 16.4. The van der Waals surface area contributed by atoms with Gasteiger partial charge in [0.2, 0.25) is 5.91 Å². The number of hydrogen-bond acceptors (Lipinski definition) is 4. The molecular weight excluding hydrogens is 402 g/mol. The summed E-state index contributed by atoms with van der Waals surface area (Å²) < 4.78 is 0.765. The monoisotopic (exact) mass is 413 g/mol. The van der Waals surface area contributed by atoms with Crippen molar-refractivity contribution in [3.8, 4) is 0 Å². The van der Waals surface area contributed by atoms with Crippen LogP contribution >= 0.6 is 38.9 Å². The van der Waals surface area contributed by atoms with E-state index in [9.17, 15) is 9.59 Å². The van der Waals surface area contributed by atoms with Crippen molar-refractivity contribution in [1.29, 1.82) is 0 Å². The molecule has 1 saturated heterocycles. The minimum absolute atomic E-state index is 0.0553. The van der Waals surface area contributed by atoms with Gasteiger partial charge in [0.05, 0.1) is 10.6 Å². The van der Waals surface area contributed by atoms with Crippen LogP contribution in [0.4, 0.5) is 5.13 Å². The lowest BCUT2D eigenvalue weighted by molar-refractivity contribution is -0.127. The Morgan fingerprint density at radius 3 is 2.96 bits per heavy atom. The number of carbonyl (C=O) groups excluding carboxylic acids is 2. The van der Waals surface area contributed by atoms with E-state index in [2.05, 4.69) is 20.9 Å². The van der Waals surface area contributed by atoms with E-state index in [1.807, 2.05) is 0 Å². The number of likely N-dealkylation sites (tertiary alicyclic amines) is 1. The summed E-state index contributed by atoms with van der Waals surface area (Å²) in [6.45, 7) is 0.841. The van der Waals surface area contributed by atoms with Crippen molar-refractivity contribution in [2.75, 3.05) is 18.1 Å². The zero-order valence-electron chi connectivity index (χ0n) is 12.0. The van der Waals surface area contributed by atoms with Gasteiger partial charge in [-0.15, -0.1) is 11.3 Å². The molecule has 1 fully saturated rings. The van der Waals surface area contributed by atoms with Crippen LogP contribution in [-0.4, -0.2) is 34.9 Å². The third-order valence-corrected chi connectivity index (χ3v) is 5.15. The Balaban J connectivity index is 1.93. The molecular formula is C15H13BrClN3O2S. The van der Waals surface area contributed by atoms with Gasteiger partial charge in [-0.3, -0.25) is 14.5 Å². The van der Waals surface area contributed by atoms with Crippen LogP contribution in [0.2, 0.25) is 5.02 Å². The summed E-state index contributed by atoms with van der Waals surface area (Å²) in [5.74, 6) is -0.217. The molecule has 0 N–H and O–H groups in total. The molecule has 8 heteroatoms. The minimum atomic E-state index is -0.272. The molecule has 2 heterocycles.